The van der Waals surface area contributed by atoms with Crippen molar-refractivity contribution in [3.63, 3.8) is 0 Å². The molecule has 2 aromatic carbocycles. The van der Waals surface area contributed by atoms with Crippen LogP contribution in [0.25, 0.3) is 0 Å². The van der Waals surface area contributed by atoms with Gasteiger partial charge in [0.1, 0.15) is 29.7 Å². The second-order valence-electron chi connectivity index (χ2n) is 5.84. The van der Waals surface area contributed by atoms with Crippen molar-refractivity contribution in [1.29, 1.82) is 5.26 Å². The zero-order chi connectivity index (χ0) is 19.0. The smallest absolute Gasteiger partial charge is 0.231 e. The first-order valence-corrected chi connectivity index (χ1v) is 8.78. The first-order valence-electron chi connectivity index (χ1n) is 7.99. The van der Waals surface area contributed by atoms with Gasteiger partial charge in [0, 0.05) is 21.7 Å². The van der Waals surface area contributed by atoms with Gasteiger partial charge < -0.3 is 24.7 Å². The van der Waals surface area contributed by atoms with Crippen molar-refractivity contribution in [2.75, 3.05) is 13.4 Å². The molecule has 0 aromatic heterocycles. The molecule has 0 saturated carbocycles. The van der Waals surface area contributed by atoms with Crippen molar-refractivity contribution >= 4 is 15.9 Å². The summed E-state index contributed by atoms with van der Waals surface area (Å²) in [7, 11) is 0. The minimum Gasteiger partial charge on any atom is -0.481 e. The van der Waals surface area contributed by atoms with E-state index >= 15 is 0 Å². The van der Waals surface area contributed by atoms with Gasteiger partial charge in [-0.3, -0.25) is 0 Å². The lowest BCUT2D eigenvalue weighted by Crippen LogP contribution is -2.21. The van der Waals surface area contributed by atoms with E-state index in [1.165, 1.54) is 0 Å². The van der Waals surface area contributed by atoms with Crippen LogP contribution >= 0.6 is 15.9 Å². The molecule has 2 aliphatic heterocycles. The van der Waals surface area contributed by atoms with Crippen LogP contribution in [-0.2, 0) is 0 Å². The third kappa shape index (κ3) is 2.92. The van der Waals surface area contributed by atoms with Crippen molar-refractivity contribution < 1.29 is 18.9 Å². The number of terminal acetylenes is 1. The Morgan fingerprint density at radius 1 is 1.19 bits per heavy atom. The van der Waals surface area contributed by atoms with Crippen LogP contribution in [0.15, 0.2) is 46.3 Å². The molecule has 6 nitrogen and oxygen atoms in total. The molecule has 0 amide bonds. The summed E-state index contributed by atoms with van der Waals surface area (Å²) in [6, 6.07) is 11.2. The van der Waals surface area contributed by atoms with Crippen LogP contribution in [0.3, 0.4) is 0 Å². The highest BCUT2D eigenvalue weighted by molar-refractivity contribution is 9.10. The molecule has 27 heavy (non-hydrogen) atoms. The zero-order valence-electron chi connectivity index (χ0n) is 14.0. The molecular formula is C20H13BrN2O4. The van der Waals surface area contributed by atoms with Gasteiger partial charge in [-0.25, -0.2) is 0 Å². The molecule has 1 atom stereocenters. The second kappa shape index (κ2) is 6.79. The third-order valence-corrected chi connectivity index (χ3v) is 4.80. The Bertz CT molecular complexity index is 1050. The summed E-state index contributed by atoms with van der Waals surface area (Å²) in [5.74, 6) is 4.21. The van der Waals surface area contributed by atoms with Gasteiger partial charge >= 0.3 is 0 Å². The number of hydrogen-bond acceptors (Lipinski definition) is 6. The summed E-state index contributed by atoms with van der Waals surface area (Å²) in [5.41, 5.74) is 7.79. The quantitative estimate of drug-likeness (QED) is 0.759. The summed E-state index contributed by atoms with van der Waals surface area (Å²) >= 11 is 3.48. The zero-order valence-corrected chi connectivity index (χ0v) is 15.6. The SMILES string of the molecule is C#CCOc1ccc(Br)cc1C1C(C#N)=C(N)Oc2cc3c(cc21)OCO3. The average molecular weight is 425 g/mol. The Balaban J connectivity index is 1.93. The van der Waals surface area contributed by atoms with Gasteiger partial charge in [-0.05, 0) is 24.3 Å². The lowest BCUT2D eigenvalue weighted by atomic mass is 9.83. The van der Waals surface area contributed by atoms with E-state index in [1.54, 1.807) is 18.2 Å². The van der Waals surface area contributed by atoms with E-state index in [1.807, 2.05) is 12.1 Å². The van der Waals surface area contributed by atoms with Gasteiger partial charge in [-0.2, -0.15) is 5.26 Å². The van der Waals surface area contributed by atoms with Crippen molar-refractivity contribution in [1.82, 2.24) is 0 Å². The number of ether oxygens (including phenoxy) is 4. The molecule has 2 aromatic rings. The number of rotatable bonds is 3. The van der Waals surface area contributed by atoms with Crippen LogP contribution in [0.4, 0.5) is 0 Å². The Morgan fingerprint density at radius 2 is 1.96 bits per heavy atom. The van der Waals surface area contributed by atoms with Gasteiger partial charge in [0.25, 0.3) is 0 Å². The van der Waals surface area contributed by atoms with Gasteiger partial charge in [0.2, 0.25) is 12.7 Å². The number of halogens is 1. The fourth-order valence-corrected chi connectivity index (χ4v) is 3.54. The normalized spacial score (nSPS) is 16.8. The molecule has 2 N–H and O–H groups in total. The monoisotopic (exact) mass is 424 g/mol. The largest absolute Gasteiger partial charge is 0.481 e. The molecule has 7 heteroatoms. The minimum atomic E-state index is -0.501. The second-order valence-corrected chi connectivity index (χ2v) is 6.76. The van der Waals surface area contributed by atoms with Crippen LogP contribution in [0.1, 0.15) is 17.0 Å². The third-order valence-electron chi connectivity index (χ3n) is 4.30. The average Bonchev–Trinajstić information content (AvgIpc) is 3.11. The predicted octanol–water partition coefficient (Wildman–Crippen LogP) is 3.41. The molecule has 0 saturated heterocycles. The van der Waals surface area contributed by atoms with Gasteiger partial charge in [-0.1, -0.05) is 21.9 Å². The van der Waals surface area contributed by atoms with E-state index < -0.39 is 5.92 Å². The number of allylic oxidation sites excluding steroid dienone is 1. The van der Waals surface area contributed by atoms with E-state index in [9.17, 15) is 5.26 Å². The van der Waals surface area contributed by atoms with Crippen molar-refractivity contribution in [3.8, 4) is 41.4 Å². The Kier molecular flexibility index (Phi) is 4.31. The molecule has 0 fully saturated rings. The molecule has 2 heterocycles. The van der Waals surface area contributed by atoms with E-state index in [0.717, 1.165) is 15.6 Å². The van der Waals surface area contributed by atoms with Crippen LogP contribution in [-0.4, -0.2) is 13.4 Å². The molecule has 0 spiro atoms. The lowest BCUT2D eigenvalue weighted by Gasteiger charge is -2.28. The summed E-state index contributed by atoms with van der Waals surface area (Å²) in [4.78, 5) is 0. The molecule has 1 unspecified atom stereocenters. The fraction of sp³-hybridized carbons (Fsp3) is 0.150. The predicted molar refractivity (Wildman–Crippen MR) is 100 cm³/mol. The maximum absolute atomic E-state index is 9.74. The molecule has 0 aliphatic carbocycles. The van der Waals surface area contributed by atoms with Crippen LogP contribution < -0.4 is 24.7 Å². The lowest BCUT2D eigenvalue weighted by molar-refractivity contribution is 0.174. The van der Waals surface area contributed by atoms with Crippen LogP contribution in [0, 0.1) is 23.7 Å². The molecule has 0 radical (unpaired) electrons. The number of fused-ring (bicyclic) bond motifs is 2. The van der Waals surface area contributed by atoms with E-state index in [0.29, 0.717) is 23.0 Å². The topological polar surface area (TPSA) is 86.7 Å². The minimum absolute atomic E-state index is 0.0386. The first-order chi connectivity index (χ1) is 13.1. The number of nitrogens with two attached hydrogens (primary N) is 1. The highest BCUT2D eigenvalue weighted by Gasteiger charge is 2.35. The highest BCUT2D eigenvalue weighted by atomic mass is 79.9. The number of nitriles is 1. The van der Waals surface area contributed by atoms with Gasteiger partial charge in [0.05, 0.1) is 5.92 Å². The van der Waals surface area contributed by atoms with Crippen molar-refractivity contribution in [3.05, 3.63) is 57.4 Å². The maximum Gasteiger partial charge on any atom is 0.231 e. The van der Waals surface area contributed by atoms with Crippen LogP contribution in [0.2, 0.25) is 0 Å². The van der Waals surface area contributed by atoms with E-state index in [4.69, 9.17) is 31.1 Å². The van der Waals surface area contributed by atoms with Crippen LogP contribution in [0.5, 0.6) is 23.0 Å². The van der Waals surface area contributed by atoms with Crippen molar-refractivity contribution in [2.24, 2.45) is 5.73 Å². The summed E-state index contributed by atoms with van der Waals surface area (Å²) in [5, 5.41) is 9.74. The molecule has 0 bridgehead atoms. The summed E-state index contributed by atoms with van der Waals surface area (Å²) < 4.78 is 23.1. The fourth-order valence-electron chi connectivity index (χ4n) is 3.16. The Labute approximate surface area is 164 Å². The standard InChI is InChI=1S/C20H13BrN2O4/c1-2-5-24-15-4-3-11(21)6-12(15)19-13-7-17-18(26-10-25-17)8-16(13)27-20(23)14(19)9-22/h1,3-4,6-8,19H,5,10,23H2. The molecule has 134 valence electrons. The van der Waals surface area contributed by atoms with Crippen molar-refractivity contribution in [2.45, 2.75) is 5.92 Å². The summed E-state index contributed by atoms with van der Waals surface area (Å²) in [6.07, 6.45) is 5.33. The Hall–Kier alpha value is -3.29. The summed E-state index contributed by atoms with van der Waals surface area (Å²) in [6.45, 7) is 0.233. The molecule has 4 rings (SSSR count). The highest BCUT2D eigenvalue weighted by Crippen LogP contribution is 2.49. The van der Waals surface area contributed by atoms with E-state index in [-0.39, 0.29) is 24.9 Å². The van der Waals surface area contributed by atoms with Gasteiger partial charge in [0.15, 0.2) is 11.5 Å². The number of hydrogen-bond donors (Lipinski definition) is 1. The molecular weight excluding hydrogens is 412 g/mol. The first kappa shape index (κ1) is 17.1. The Morgan fingerprint density at radius 3 is 2.70 bits per heavy atom. The molecule has 2 aliphatic rings. The number of benzene rings is 2. The van der Waals surface area contributed by atoms with Gasteiger partial charge in [-0.15, -0.1) is 6.42 Å². The van der Waals surface area contributed by atoms with E-state index in [2.05, 4.69) is 27.9 Å². The maximum atomic E-state index is 9.74. The number of nitrogens with zero attached hydrogens (tertiary/aromatic N) is 1.